The quantitative estimate of drug-likeness (QED) is 0.460. The van der Waals surface area contributed by atoms with E-state index in [2.05, 4.69) is 33.9 Å². The highest BCUT2D eigenvalue weighted by Gasteiger charge is 2.33. The van der Waals surface area contributed by atoms with Crippen LogP contribution in [0.2, 0.25) is 24.2 Å². The second-order valence-corrected chi connectivity index (χ2v) is 10.3. The molecule has 0 spiro atoms. The Labute approximate surface area is 70.5 Å². The van der Waals surface area contributed by atoms with Gasteiger partial charge in [0.05, 0.1) is 8.07 Å². The van der Waals surface area contributed by atoms with Gasteiger partial charge in [-0.2, -0.15) is 0 Å². The number of hydrogen-bond acceptors (Lipinski definition) is 1. The number of rotatable bonds is 2. The molecule has 0 aromatic rings. The molecule has 1 nitrogen and oxygen atoms in total. The van der Waals surface area contributed by atoms with E-state index in [1.54, 1.807) is 6.08 Å². The summed E-state index contributed by atoms with van der Waals surface area (Å²) >= 11 is 0. The normalized spacial score (nSPS) is 12.5. The van der Waals surface area contributed by atoms with Crippen molar-refractivity contribution >= 4 is 14.0 Å². The molecule has 0 aromatic carbocycles. The average Bonchev–Trinajstić information content (AvgIpc) is 1.81. The third-order valence-electron chi connectivity index (χ3n) is 2.73. The van der Waals surface area contributed by atoms with Gasteiger partial charge in [0, 0.05) is 0 Å². The molecule has 0 saturated carbocycles. The molecule has 0 fully saturated rings. The van der Waals surface area contributed by atoms with E-state index in [0.717, 1.165) is 6.04 Å². The lowest BCUT2D eigenvalue weighted by Gasteiger charge is -2.35. The van der Waals surface area contributed by atoms with Gasteiger partial charge in [-0.15, -0.1) is 0 Å². The summed E-state index contributed by atoms with van der Waals surface area (Å²) in [4.78, 5) is 10.0. The fourth-order valence-electron chi connectivity index (χ4n) is 0.603. The van der Waals surface area contributed by atoms with Crippen molar-refractivity contribution in [2.75, 3.05) is 0 Å². The van der Waals surface area contributed by atoms with E-state index in [0.29, 0.717) is 5.04 Å². The summed E-state index contributed by atoms with van der Waals surface area (Å²) in [7, 11) is -1.24. The average molecular weight is 170 g/mol. The van der Waals surface area contributed by atoms with E-state index < -0.39 is 8.07 Å². The molecule has 0 bridgehead atoms. The molecule has 0 amide bonds. The molecule has 0 radical (unpaired) electrons. The second-order valence-electron chi connectivity index (χ2n) is 4.66. The maximum absolute atomic E-state index is 10.0. The minimum atomic E-state index is -1.24. The molecule has 0 heterocycles. The molecule has 0 N–H and O–H groups in total. The summed E-state index contributed by atoms with van der Waals surface area (Å²) in [5, 5.41) is 0.375. The molecule has 0 aliphatic carbocycles. The van der Waals surface area contributed by atoms with Crippen LogP contribution < -0.4 is 0 Å². The van der Waals surface area contributed by atoms with Crippen LogP contribution in [0.15, 0.2) is 6.08 Å². The van der Waals surface area contributed by atoms with Crippen LogP contribution in [0.1, 0.15) is 20.8 Å². The second kappa shape index (κ2) is 3.38. The van der Waals surface area contributed by atoms with Crippen LogP contribution in [0.4, 0.5) is 0 Å². The molecular weight excluding hydrogens is 152 g/mol. The van der Waals surface area contributed by atoms with Gasteiger partial charge < -0.3 is 0 Å². The van der Waals surface area contributed by atoms with E-state index in [9.17, 15) is 4.79 Å². The van der Waals surface area contributed by atoms with Crippen molar-refractivity contribution in [2.45, 2.75) is 44.9 Å². The van der Waals surface area contributed by atoms with Crippen LogP contribution in [0.5, 0.6) is 0 Å². The van der Waals surface area contributed by atoms with E-state index in [4.69, 9.17) is 0 Å². The van der Waals surface area contributed by atoms with Gasteiger partial charge in [-0.05, 0) is 17.2 Å². The maximum Gasteiger partial charge on any atom is 0.119 e. The van der Waals surface area contributed by atoms with Crippen molar-refractivity contribution in [3.8, 4) is 0 Å². The van der Waals surface area contributed by atoms with Crippen molar-refractivity contribution in [1.29, 1.82) is 0 Å². The summed E-state index contributed by atoms with van der Waals surface area (Å²) in [6, 6.07) is 0.944. The highest BCUT2D eigenvalue weighted by atomic mass is 28.3. The zero-order valence-electron chi connectivity index (χ0n) is 8.19. The van der Waals surface area contributed by atoms with E-state index >= 15 is 0 Å². The fourth-order valence-corrected chi connectivity index (χ4v) is 1.81. The summed E-state index contributed by atoms with van der Waals surface area (Å²) in [6.45, 7) is 11.4. The van der Waals surface area contributed by atoms with Crippen LogP contribution in [0.3, 0.4) is 0 Å². The first kappa shape index (κ1) is 10.7. The van der Waals surface area contributed by atoms with Crippen molar-refractivity contribution in [3.63, 3.8) is 0 Å². The van der Waals surface area contributed by atoms with Crippen LogP contribution in [0, 0.1) is 0 Å². The predicted octanol–water partition coefficient (Wildman–Crippen LogP) is 2.88. The molecule has 0 rings (SSSR count). The third kappa shape index (κ3) is 3.04. The summed E-state index contributed by atoms with van der Waals surface area (Å²) in [5.74, 6) is 1.86. The third-order valence-corrected chi connectivity index (χ3v) is 8.01. The van der Waals surface area contributed by atoms with Gasteiger partial charge in [-0.1, -0.05) is 33.9 Å². The minimum Gasteiger partial charge on any atom is -0.234 e. The first-order chi connectivity index (χ1) is 4.81. The Kier molecular flexibility index (Phi) is 3.27. The zero-order valence-corrected chi connectivity index (χ0v) is 9.19. The zero-order chi connectivity index (χ0) is 9.12. The molecule has 0 saturated heterocycles. The summed E-state index contributed by atoms with van der Waals surface area (Å²) < 4.78 is 0. The summed E-state index contributed by atoms with van der Waals surface area (Å²) in [6.07, 6.45) is 1.64. The largest absolute Gasteiger partial charge is 0.234 e. The Hall–Kier alpha value is -0.333. The predicted molar refractivity (Wildman–Crippen MR) is 52.3 cm³/mol. The van der Waals surface area contributed by atoms with Crippen LogP contribution in [0.25, 0.3) is 0 Å². The first-order valence-electron chi connectivity index (χ1n) is 4.00. The van der Waals surface area contributed by atoms with Gasteiger partial charge >= 0.3 is 0 Å². The van der Waals surface area contributed by atoms with Gasteiger partial charge in [-0.3, -0.25) is 0 Å². The first-order valence-corrected chi connectivity index (χ1v) is 7.21. The van der Waals surface area contributed by atoms with E-state index in [-0.39, 0.29) is 0 Å². The van der Waals surface area contributed by atoms with Crippen molar-refractivity contribution in [1.82, 2.24) is 0 Å². The summed E-state index contributed by atoms with van der Waals surface area (Å²) in [5.41, 5.74) is 0. The smallest absolute Gasteiger partial charge is 0.119 e. The van der Waals surface area contributed by atoms with Gasteiger partial charge in [0.15, 0.2) is 0 Å². The molecule has 0 unspecified atom stereocenters. The Morgan fingerprint density at radius 3 is 2.09 bits per heavy atom. The lowest BCUT2D eigenvalue weighted by molar-refractivity contribution is 0.568. The maximum atomic E-state index is 10.0. The molecule has 0 atom stereocenters. The molecule has 0 aromatic heterocycles. The molecule has 11 heavy (non-hydrogen) atoms. The minimum absolute atomic E-state index is 0.375. The highest BCUT2D eigenvalue weighted by Crippen LogP contribution is 2.38. The Morgan fingerprint density at radius 1 is 1.36 bits per heavy atom. The van der Waals surface area contributed by atoms with E-state index in [1.807, 2.05) is 5.94 Å². The van der Waals surface area contributed by atoms with Crippen LogP contribution in [-0.2, 0) is 4.79 Å². The van der Waals surface area contributed by atoms with Gasteiger partial charge in [0.1, 0.15) is 5.94 Å². The Bertz CT molecular complexity index is 170. The van der Waals surface area contributed by atoms with E-state index in [1.165, 1.54) is 0 Å². The number of hydrogen-bond donors (Lipinski definition) is 0. The van der Waals surface area contributed by atoms with Gasteiger partial charge in [-0.25, -0.2) is 4.79 Å². The molecule has 2 heteroatoms. The monoisotopic (exact) mass is 170 g/mol. The Balaban J connectivity index is 4.33. The lowest BCUT2D eigenvalue weighted by atomic mass is 10.2. The molecule has 64 valence electrons. The van der Waals surface area contributed by atoms with Gasteiger partial charge in [0.25, 0.3) is 0 Å². The standard InChI is InChI=1S/C9H18OSi/c1-9(2,3)11(4,5)8-6-7-10/h6H,8H2,1-5H3. The SMILES string of the molecule is CC(C)(C)[Si](C)(C)CC=C=O. The van der Waals surface area contributed by atoms with Crippen LogP contribution >= 0.6 is 0 Å². The van der Waals surface area contributed by atoms with Crippen molar-refractivity contribution in [3.05, 3.63) is 6.08 Å². The molecule has 0 aliphatic heterocycles. The Morgan fingerprint density at radius 2 is 1.82 bits per heavy atom. The highest BCUT2D eigenvalue weighted by molar-refractivity contribution is 6.80. The van der Waals surface area contributed by atoms with Crippen LogP contribution in [-0.4, -0.2) is 14.0 Å². The number of allylic oxidation sites excluding steroid dienone is 1. The van der Waals surface area contributed by atoms with Gasteiger partial charge in [0.2, 0.25) is 0 Å². The van der Waals surface area contributed by atoms with Crippen molar-refractivity contribution < 1.29 is 4.79 Å². The topological polar surface area (TPSA) is 17.1 Å². The fraction of sp³-hybridized carbons (Fsp3) is 0.778. The lowest BCUT2D eigenvalue weighted by Crippen LogP contribution is -2.36. The molecular formula is C9H18OSi. The number of carbonyl (C=O) groups excluding carboxylic acids is 1. The van der Waals surface area contributed by atoms with Crippen molar-refractivity contribution in [2.24, 2.45) is 0 Å². The molecule has 0 aliphatic rings.